The fraction of sp³-hybridized carbons (Fsp3) is 0.500. The lowest BCUT2D eigenvalue weighted by Crippen LogP contribution is -2.49. The van der Waals surface area contributed by atoms with E-state index in [0.29, 0.717) is 24.7 Å². The molecule has 1 aromatic heterocycles. The zero-order chi connectivity index (χ0) is 27.0. The first-order chi connectivity index (χ1) is 16.7. The number of ether oxygens (including phenoxy) is 3. The number of benzene rings is 1. The number of rotatable bonds is 10. The molecular weight excluding hydrogens is 464 g/mol. The predicted molar refractivity (Wildman–Crippen MR) is 137 cm³/mol. The maximum absolute atomic E-state index is 12.4. The highest BCUT2D eigenvalue weighted by Gasteiger charge is 2.39. The number of alkyl carbamates (subject to hydrolysis) is 1. The van der Waals surface area contributed by atoms with Gasteiger partial charge in [-0.05, 0) is 78.3 Å². The van der Waals surface area contributed by atoms with Gasteiger partial charge in [0, 0.05) is 24.8 Å². The molecule has 36 heavy (non-hydrogen) atoms. The smallest absolute Gasteiger partial charge is 0.407 e. The summed E-state index contributed by atoms with van der Waals surface area (Å²) in [5.74, 6) is 6.00. The normalized spacial score (nSPS) is 13.3. The van der Waals surface area contributed by atoms with Crippen LogP contribution in [0.5, 0.6) is 5.75 Å². The predicted octanol–water partition coefficient (Wildman–Crippen LogP) is 4.05. The number of amides is 1. The third-order valence-electron chi connectivity index (χ3n) is 4.66. The van der Waals surface area contributed by atoms with E-state index in [9.17, 15) is 9.59 Å². The first-order valence-corrected chi connectivity index (χ1v) is 11.7. The molecule has 0 unspecified atom stereocenters. The minimum atomic E-state index is -1.44. The summed E-state index contributed by atoms with van der Waals surface area (Å²) < 4.78 is 16.3. The minimum absolute atomic E-state index is 0.109. The van der Waals surface area contributed by atoms with Crippen LogP contribution in [0.4, 0.5) is 10.6 Å². The van der Waals surface area contributed by atoms with Gasteiger partial charge in [-0.3, -0.25) is 4.84 Å². The van der Waals surface area contributed by atoms with E-state index in [4.69, 9.17) is 24.9 Å². The van der Waals surface area contributed by atoms with Crippen LogP contribution < -0.4 is 21.3 Å². The quantitative estimate of drug-likeness (QED) is 0.250. The average molecular weight is 503 g/mol. The molecule has 0 aliphatic rings. The van der Waals surface area contributed by atoms with E-state index in [-0.39, 0.29) is 6.61 Å². The molecule has 10 heteroatoms. The van der Waals surface area contributed by atoms with E-state index in [1.54, 1.807) is 39.1 Å². The third kappa shape index (κ3) is 9.71. The SMILES string of the molecule is CC(C)(C)OC(=O)NCCNc1ccc(-c2ccc(OC[C@](C)(ON)C(=O)OC(C)(C)C)cc2)cn1. The van der Waals surface area contributed by atoms with Crippen molar-refractivity contribution >= 4 is 17.9 Å². The number of anilines is 1. The number of hydrogen-bond acceptors (Lipinski definition) is 9. The lowest BCUT2D eigenvalue weighted by Gasteiger charge is -2.29. The lowest BCUT2D eigenvalue weighted by molar-refractivity contribution is -0.186. The molecule has 4 N–H and O–H groups in total. The van der Waals surface area contributed by atoms with Gasteiger partial charge in [0.25, 0.3) is 0 Å². The van der Waals surface area contributed by atoms with Crippen LogP contribution >= 0.6 is 0 Å². The van der Waals surface area contributed by atoms with Gasteiger partial charge in [0.05, 0.1) is 0 Å². The number of pyridine rings is 1. The van der Waals surface area contributed by atoms with Crippen molar-refractivity contribution < 1.29 is 28.6 Å². The molecule has 0 aliphatic heterocycles. The Balaban J connectivity index is 1.86. The summed E-state index contributed by atoms with van der Waals surface area (Å²) >= 11 is 0. The van der Waals surface area contributed by atoms with Crippen molar-refractivity contribution in [1.82, 2.24) is 10.3 Å². The van der Waals surface area contributed by atoms with E-state index in [0.717, 1.165) is 11.1 Å². The van der Waals surface area contributed by atoms with Crippen LogP contribution in [0.3, 0.4) is 0 Å². The summed E-state index contributed by atoms with van der Waals surface area (Å²) in [7, 11) is 0. The van der Waals surface area contributed by atoms with E-state index in [1.165, 1.54) is 6.92 Å². The average Bonchev–Trinajstić information content (AvgIpc) is 2.79. The van der Waals surface area contributed by atoms with Crippen molar-refractivity contribution in [1.29, 1.82) is 0 Å². The number of carbonyl (C=O) groups is 2. The molecule has 0 bridgehead atoms. The van der Waals surface area contributed by atoms with Crippen LogP contribution in [-0.4, -0.2) is 53.5 Å². The number of nitrogens with two attached hydrogens (primary N) is 1. The van der Waals surface area contributed by atoms with Gasteiger partial charge in [-0.15, -0.1) is 0 Å². The van der Waals surface area contributed by atoms with Crippen LogP contribution in [-0.2, 0) is 19.1 Å². The summed E-state index contributed by atoms with van der Waals surface area (Å²) in [4.78, 5) is 33.4. The summed E-state index contributed by atoms with van der Waals surface area (Å²) in [5, 5.41) is 5.84. The van der Waals surface area contributed by atoms with Crippen molar-refractivity contribution in [3.63, 3.8) is 0 Å². The first kappa shape index (κ1) is 28.9. The molecular formula is C26H38N4O6. The summed E-state index contributed by atoms with van der Waals surface area (Å²) in [6.45, 7) is 13.1. The lowest BCUT2D eigenvalue weighted by atomic mass is 10.1. The summed E-state index contributed by atoms with van der Waals surface area (Å²) in [6, 6.07) is 11.1. The standard InChI is InChI=1S/C26H38N4O6/c1-24(2,3)34-22(31)26(7,36-27)17-33-20-11-8-18(9-12-20)19-10-13-21(30-16-19)28-14-15-29-23(32)35-25(4,5)6/h8-13,16H,14-15,17,27H2,1-7H3,(H,28,30)(H,29,32)/t26-/m0/s1. The number of esters is 1. The van der Waals surface area contributed by atoms with Gasteiger partial charge >= 0.3 is 12.1 Å². The maximum atomic E-state index is 12.4. The number of nitrogens with one attached hydrogen (secondary N) is 2. The molecule has 1 heterocycles. The number of aromatic nitrogens is 1. The van der Waals surface area contributed by atoms with Gasteiger partial charge in [0.1, 0.15) is 29.4 Å². The van der Waals surface area contributed by atoms with Crippen LogP contribution in [0.1, 0.15) is 48.5 Å². The molecule has 0 aliphatic carbocycles. The Labute approximate surface area is 212 Å². The fourth-order valence-electron chi connectivity index (χ4n) is 2.83. The Morgan fingerprint density at radius 3 is 2.00 bits per heavy atom. The highest BCUT2D eigenvalue weighted by atomic mass is 16.7. The van der Waals surface area contributed by atoms with Crippen molar-refractivity contribution in [3.8, 4) is 16.9 Å². The third-order valence-corrected chi connectivity index (χ3v) is 4.66. The minimum Gasteiger partial charge on any atom is -0.490 e. The number of hydrogen-bond donors (Lipinski definition) is 3. The van der Waals surface area contributed by atoms with Gasteiger partial charge in [-0.25, -0.2) is 20.5 Å². The van der Waals surface area contributed by atoms with Crippen molar-refractivity contribution in [2.45, 2.75) is 65.3 Å². The van der Waals surface area contributed by atoms with Crippen LogP contribution in [0, 0.1) is 0 Å². The number of carbonyl (C=O) groups excluding carboxylic acids is 2. The van der Waals surface area contributed by atoms with Crippen molar-refractivity contribution in [2.75, 3.05) is 25.0 Å². The molecule has 2 rings (SSSR count). The van der Waals surface area contributed by atoms with Crippen LogP contribution in [0.2, 0.25) is 0 Å². The molecule has 0 fully saturated rings. The fourth-order valence-corrected chi connectivity index (χ4v) is 2.83. The van der Waals surface area contributed by atoms with Crippen LogP contribution in [0.15, 0.2) is 42.6 Å². The Morgan fingerprint density at radius 1 is 0.861 bits per heavy atom. The van der Waals surface area contributed by atoms with Gasteiger partial charge in [0.2, 0.25) is 5.60 Å². The Bertz CT molecular complexity index is 997. The van der Waals surface area contributed by atoms with E-state index >= 15 is 0 Å². The Kier molecular flexibility index (Phi) is 9.66. The summed E-state index contributed by atoms with van der Waals surface area (Å²) in [6.07, 6.45) is 1.30. The van der Waals surface area contributed by atoms with Gasteiger partial charge < -0.3 is 24.8 Å². The molecule has 1 atom stereocenters. The Hall–Kier alpha value is -3.37. The van der Waals surface area contributed by atoms with Gasteiger partial charge in [-0.2, -0.15) is 0 Å². The molecule has 0 radical (unpaired) electrons. The molecule has 198 valence electrons. The van der Waals surface area contributed by atoms with Crippen molar-refractivity contribution in [3.05, 3.63) is 42.6 Å². The molecule has 10 nitrogen and oxygen atoms in total. The highest BCUT2D eigenvalue weighted by molar-refractivity contribution is 5.79. The molecule has 0 saturated heterocycles. The monoisotopic (exact) mass is 502 g/mol. The molecule has 1 amide bonds. The zero-order valence-corrected chi connectivity index (χ0v) is 22.1. The second-order valence-corrected chi connectivity index (χ2v) is 10.5. The maximum Gasteiger partial charge on any atom is 0.407 e. The second-order valence-electron chi connectivity index (χ2n) is 10.5. The number of nitrogens with zero attached hydrogens (tertiary/aromatic N) is 1. The molecule has 0 spiro atoms. The highest BCUT2D eigenvalue weighted by Crippen LogP contribution is 2.24. The Morgan fingerprint density at radius 2 is 1.47 bits per heavy atom. The molecule has 0 saturated carbocycles. The van der Waals surface area contributed by atoms with Crippen LogP contribution in [0.25, 0.3) is 11.1 Å². The molecule has 2 aromatic rings. The van der Waals surface area contributed by atoms with Crippen molar-refractivity contribution in [2.24, 2.45) is 5.90 Å². The van der Waals surface area contributed by atoms with Gasteiger partial charge in [-0.1, -0.05) is 12.1 Å². The topological polar surface area (TPSA) is 134 Å². The zero-order valence-electron chi connectivity index (χ0n) is 22.1. The second kappa shape index (κ2) is 12.0. The van der Waals surface area contributed by atoms with E-state index in [1.807, 2.05) is 45.0 Å². The van der Waals surface area contributed by atoms with Gasteiger partial charge in [0.15, 0.2) is 0 Å². The summed E-state index contributed by atoms with van der Waals surface area (Å²) in [5.41, 5.74) is -0.782. The van der Waals surface area contributed by atoms with E-state index < -0.39 is 28.9 Å². The first-order valence-electron chi connectivity index (χ1n) is 11.7. The largest absolute Gasteiger partial charge is 0.490 e. The molecule has 1 aromatic carbocycles. The van der Waals surface area contributed by atoms with E-state index in [2.05, 4.69) is 15.6 Å².